The molecule has 0 fully saturated rings. The van der Waals surface area contributed by atoms with E-state index in [1.165, 1.54) is 0 Å². The van der Waals surface area contributed by atoms with Crippen LogP contribution in [0.5, 0.6) is 5.75 Å². The van der Waals surface area contributed by atoms with Crippen LogP contribution in [0.15, 0.2) is 42.8 Å². The van der Waals surface area contributed by atoms with Crippen molar-refractivity contribution in [1.82, 2.24) is 0 Å². The Morgan fingerprint density at radius 2 is 1.56 bits per heavy atom. The van der Waals surface area contributed by atoms with Crippen molar-refractivity contribution < 1.29 is 47.6 Å². The number of benzene rings is 1. The van der Waals surface area contributed by atoms with Gasteiger partial charge in [0.1, 0.15) is 15.9 Å². The van der Waals surface area contributed by atoms with Gasteiger partial charge in [0.2, 0.25) is 0 Å². The summed E-state index contributed by atoms with van der Waals surface area (Å²) in [5.41, 5.74) is 1.02. The van der Waals surface area contributed by atoms with Crippen LogP contribution in [0.1, 0.15) is 5.56 Å². The molecule has 82 valence electrons. The molecule has 1 aromatic carbocycles. The fraction of sp³-hybridized carbons (Fsp3) is 0. The largest absolute Gasteiger partial charge is 1.00 e. The molecular formula is C10H11NaO4S. The van der Waals surface area contributed by atoms with E-state index in [0.29, 0.717) is 11.2 Å². The van der Waals surface area contributed by atoms with E-state index in [1.54, 1.807) is 18.2 Å². The number of aromatic hydroxyl groups is 1. The molecule has 0 saturated carbocycles. The second kappa shape index (κ2) is 8.55. The Morgan fingerprint density at radius 1 is 1.19 bits per heavy atom. The SMILES string of the molecule is C=CS(=O)(=O)[O-].C=Cc1ccc(O)cc1.[Na+]. The second-order valence-corrected chi connectivity index (χ2v) is 3.77. The summed E-state index contributed by atoms with van der Waals surface area (Å²) in [6.45, 7) is 6.31. The number of hydrogen-bond donors (Lipinski definition) is 1. The van der Waals surface area contributed by atoms with E-state index in [0.717, 1.165) is 5.56 Å². The van der Waals surface area contributed by atoms with Gasteiger partial charge in [-0.2, -0.15) is 0 Å². The van der Waals surface area contributed by atoms with E-state index in [2.05, 4.69) is 13.2 Å². The van der Waals surface area contributed by atoms with Gasteiger partial charge in [-0.05, 0) is 17.7 Å². The van der Waals surface area contributed by atoms with Gasteiger partial charge in [-0.3, -0.25) is 0 Å². The Hall–Kier alpha value is -0.590. The Balaban J connectivity index is 0. The molecule has 1 aromatic rings. The summed E-state index contributed by atoms with van der Waals surface area (Å²) in [4.78, 5) is 0. The van der Waals surface area contributed by atoms with Crippen LogP contribution in [0, 0.1) is 0 Å². The molecule has 0 heterocycles. The quantitative estimate of drug-likeness (QED) is 0.523. The van der Waals surface area contributed by atoms with Gasteiger partial charge in [0.05, 0.1) is 0 Å². The molecule has 1 N–H and O–H groups in total. The van der Waals surface area contributed by atoms with Gasteiger partial charge in [-0.25, -0.2) is 8.42 Å². The molecule has 0 saturated heterocycles. The first-order chi connectivity index (χ1) is 6.89. The molecule has 0 unspecified atom stereocenters. The van der Waals surface area contributed by atoms with Crippen LogP contribution >= 0.6 is 0 Å². The van der Waals surface area contributed by atoms with Crippen molar-refractivity contribution in [2.45, 2.75) is 0 Å². The topological polar surface area (TPSA) is 77.4 Å². The summed E-state index contributed by atoms with van der Waals surface area (Å²) in [6, 6.07) is 6.89. The number of hydrogen-bond acceptors (Lipinski definition) is 4. The molecule has 0 amide bonds. The van der Waals surface area contributed by atoms with Gasteiger partial charge >= 0.3 is 29.6 Å². The minimum absolute atomic E-state index is 0. The Labute approximate surface area is 117 Å². The van der Waals surface area contributed by atoms with E-state index in [1.807, 2.05) is 12.1 Å². The molecule has 0 aliphatic rings. The van der Waals surface area contributed by atoms with Gasteiger partial charge in [-0.15, -0.1) is 0 Å². The van der Waals surface area contributed by atoms with E-state index < -0.39 is 10.1 Å². The van der Waals surface area contributed by atoms with Crippen LogP contribution < -0.4 is 29.6 Å². The first kappa shape index (κ1) is 17.8. The van der Waals surface area contributed by atoms with Gasteiger partial charge < -0.3 is 9.66 Å². The third-order valence-electron chi connectivity index (χ3n) is 1.33. The Bertz CT molecular complexity index is 411. The third kappa shape index (κ3) is 9.95. The number of rotatable bonds is 2. The average molecular weight is 250 g/mol. The summed E-state index contributed by atoms with van der Waals surface area (Å²) < 4.78 is 28.0. The van der Waals surface area contributed by atoms with Crippen LogP contribution in [0.25, 0.3) is 6.08 Å². The van der Waals surface area contributed by atoms with E-state index in [9.17, 15) is 13.0 Å². The second-order valence-electron chi connectivity index (χ2n) is 2.46. The summed E-state index contributed by atoms with van der Waals surface area (Å²) in [5, 5.41) is 9.17. The predicted molar refractivity (Wildman–Crippen MR) is 58.1 cm³/mol. The molecule has 0 spiro atoms. The Kier molecular flexibility index (Phi) is 9.51. The van der Waals surface area contributed by atoms with Crippen molar-refractivity contribution in [3.63, 3.8) is 0 Å². The van der Waals surface area contributed by atoms with Crippen molar-refractivity contribution in [3.8, 4) is 5.75 Å². The molecule has 4 nitrogen and oxygen atoms in total. The molecule has 0 aliphatic heterocycles. The molecular weight excluding hydrogens is 239 g/mol. The summed E-state index contributed by atoms with van der Waals surface area (Å²) in [6.07, 6.45) is 1.74. The zero-order chi connectivity index (χ0) is 11.9. The zero-order valence-electron chi connectivity index (χ0n) is 8.96. The van der Waals surface area contributed by atoms with Crippen LogP contribution in [-0.4, -0.2) is 18.1 Å². The maximum Gasteiger partial charge on any atom is 1.00 e. The molecule has 0 bridgehead atoms. The molecule has 0 radical (unpaired) electrons. The fourth-order valence-corrected chi connectivity index (χ4v) is 0.610. The minimum atomic E-state index is -4.15. The summed E-state index contributed by atoms with van der Waals surface area (Å²) >= 11 is 0. The fourth-order valence-electron chi connectivity index (χ4n) is 0.610. The maximum absolute atomic E-state index is 9.33. The third-order valence-corrected chi connectivity index (χ3v) is 1.74. The summed E-state index contributed by atoms with van der Waals surface area (Å²) in [7, 11) is -4.15. The van der Waals surface area contributed by atoms with Crippen molar-refractivity contribution in [2.24, 2.45) is 0 Å². The van der Waals surface area contributed by atoms with Gasteiger partial charge in [-0.1, -0.05) is 31.4 Å². The molecule has 6 heteroatoms. The molecule has 0 atom stereocenters. The van der Waals surface area contributed by atoms with E-state index >= 15 is 0 Å². The first-order valence-electron chi connectivity index (χ1n) is 3.89. The normalized spacial score (nSPS) is 9.06. The van der Waals surface area contributed by atoms with E-state index in [4.69, 9.17) is 5.11 Å². The van der Waals surface area contributed by atoms with Crippen molar-refractivity contribution in [1.29, 1.82) is 0 Å². The smallest absolute Gasteiger partial charge is 0.745 e. The maximum atomic E-state index is 9.33. The predicted octanol–water partition coefficient (Wildman–Crippen LogP) is -1.29. The number of phenols is 1. The molecule has 16 heavy (non-hydrogen) atoms. The average Bonchev–Trinajstić information content (AvgIpc) is 2.19. The van der Waals surface area contributed by atoms with Crippen molar-refractivity contribution in [2.75, 3.05) is 0 Å². The molecule has 0 aromatic heterocycles. The number of phenolic OH excluding ortho intramolecular Hbond substituents is 1. The van der Waals surface area contributed by atoms with Gasteiger partial charge in [0.15, 0.2) is 0 Å². The van der Waals surface area contributed by atoms with E-state index in [-0.39, 0.29) is 29.6 Å². The van der Waals surface area contributed by atoms with Gasteiger partial charge in [0.25, 0.3) is 0 Å². The summed E-state index contributed by atoms with van der Waals surface area (Å²) in [5.74, 6) is 0.292. The molecule has 0 aliphatic carbocycles. The first-order valence-corrected chi connectivity index (χ1v) is 5.36. The van der Waals surface area contributed by atoms with Crippen LogP contribution in [0.3, 0.4) is 0 Å². The van der Waals surface area contributed by atoms with Crippen LogP contribution in [0.4, 0.5) is 0 Å². The minimum Gasteiger partial charge on any atom is -0.745 e. The van der Waals surface area contributed by atoms with Crippen molar-refractivity contribution >= 4 is 16.2 Å². The van der Waals surface area contributed by atoms with Crippen LogP contribution in [0.2, 0.25) is 0 Å². The van der Waals surface area contributed by atoms with Gasteiger partial charge in [0, 0.05) is 5.41 Å². The zero-order valence-corrected chi connectivity index (χ0v) is 11.8. The molecule has 1 rings (SSSR count). The monoisotopic (exact) mass is 250 g/mol. The van der Waals surface area contributed by atoms with Crippen molar-refractivity contribution in [3.05, 3.63) is 48.4 Å². The van der Waals surface area contributed by atoms with Crippen LogP contribution in [-0.2, 0) is 10.1 Å². The standard InChI is InChI=1S/C8H8O.C2H4O3S.Na/c1-2-7-3-5-8(9)6-4-7;1-2-6(3,4)5;/h2-6,9H,1H2;2H,1H2,(H,3,4,5);/q;;+1/p-1. The Morgan fingerprint density at radius 3 is 1.81 bits per heavy atom.